The molecule has 13 heavy (non-hydrogen) atoms. The van der Waals surface area contributed by atoms with Gasteiger partial charge in [0.2, 0.25) is 0 Å². The van der Waals surface area contributed by atoms with Crippen molar-refractivity contribution in [3.05, 3.63) is 0 Å². The number of hydrogen-bond acceptors (Lipinski definition) is 2. The summed E-state index contributed by atoms with van der Waals surface area (Å²) in [7, 11) is 1.77. The fourth-order valence-electron chi connectivity index (χ4n) is 1.47. The van der Waals surface area contributed by atoms with Crippen LogP contribution in [0.4, 0.5) is 0 Å². The van der Waals surface area contributed by atoms with Crippen molar-refractivity contribution in [1.82, 2.24) is 4.90 Å². The van der Waals surface area contributed by atoms with E-state index in [9.17, 15) is 0 Å². The largest absolute Gasteiger partial charge is 0.385 e. The van der Waals surface area contributed by atoms with Gasteiger partial charge in [-0.15, -0.1) is 0 Å². The van der Waals surface area contributed by atoms with E-state index in [1.165, 1.54) is 45.3 Å². The molecule has 0 rings (SSSR count). The summed E-state index contributed by atoms with van der Waals surface area (Å²) in [5.74, 6) is 0. The number of nitrogens with zero attached hydrogens (tertiary/aromatic N) is 1. The Morgan fingerprint density at radius 2 is 1.62 bits per heavy atom. The molecule has 0 amide bonds. The van der Waals surface area contributed by atoms with E-state index < -0.39 is 0 Å². The monoisotopic (exact) mass is 187 g/mol. The standard InChI is InChI=1S/C11H25NO/c1-4-6-9-12(8-5-2)10-7-11-13-3/h4-11H2,1-3H3. The molecule has 0 bridgehead atoms. The molecule has 0 saturated heterocycles. The van der Waals surface area contributed by atoms with Gasteiger partial charge in [-0.25, -0.2) is 0 Å². The second kappa shape index (κ2) is 10.0. The number of hydrogen-bond donors (Lipinski definition) is 0. The summed E-state index contributed by atoms with van der Waals surface area (Å²) < 4.78 is 5.05. The topological polar surface area (TPSA) is 12.5 Å². The van der Waals surface area contributed by atoms with Gasteiger partial charge in [-0.05, 0) is 32.4 Å². The minimum atomic E-state index is 0.895. The summed E-state index contributed by atoms with van der Waals surface area (Å²) >= 11 is 0. The average molecular weight is 187 g/mol. The van der Waals surface area contributed by atoms with E-state index in [0.29, 0.717) is 0 Å². The quantitative estimate of drug-likeness (QED) is 0.514. The van der Waals surface area contributed by atoms with E-state index in [2.05, 4.69) is 18.7 Å². The van der Waals surface area contributed by atoms with Crippen molar-refractivity contribution in [2.24, 2.45) is 0 Å². The summed E-state index contributed by atoms with van der Waals surface area (Å²) in [5.41, 5.74) is 0. The molecule has 0 fully saturated rings. The maximum absolute atomic E-state index is 5.05. The molecule has 0 unspecified atom stereocenters. The van der Waals surface area contributed by atoms with Crippen molar-refractivity contribution >= 4 is 0 Å². The van der Waals surface area contributed by atoms with Crippen LogP contribution in [0, 0.1) is 0 Å². The molecule has 0 aromatic rings. The first-order valence-electron chi connectivity index (χ1n) is 5.56. The molecule has 0 aromatic heterocycles. The van der Waals surface area contributed by atoms with Crippen LogP contribution in [0.3, 0.4) is 0 Å². The van der Waals surface area contributed by atoms with Crippen molar-refractivity contribution in [1.29, 1.82) is 0 Å². The second-order valence-electron chi connectivity index (χ2n) is 3.54. The first-order chi connectivity index (χ1) is 6.35. The van der Waals surface area contributed by atoms with Crippen LogP contribution < -0.4 is 0 Å². The van der Waals surface area contributed by atoms with E-state index in [0.717, 1.165) is 6.61 Å². The Morgan fingerprint density at radius 1 is 0.923 bits per heavy atom. The van der Waals surface area contributed by atoms with Crippen LogP contribution >= 0.6 is 0 Å². The van der Waals surface area contributed by atoms with Crippen LogP contribution in [0.1, 0.15) is 39.5 Å². The zero-order valence-corrected chi connectivity index (χ0v) is 9.51. The summed E-state index contributed by atoms with van der Waals surface area (Å²) in [6.45, 7) is 9.08. The lowest BCUT2D eigenvalue weighted by Gasteiger charge is -2.20. The Bertz CT molecular complexity index is 96.1. The fourth-order valence-corrected chi connectivity index (χ4v) is 1.47. The molecule has 2 nitrogen and oxygen atoms in total. The third kappa shape index (κ3) is 8.26. The summed E-state index contributed by atoms with van der Waals surface area (Å²) in [4.78, 5) is 2.54. The summed E-state index contributed by atoms with van der Waals surface area (Å²) in [6, 6.07) is 0. The van der Waals surface area contributed by atoms with E-state index >= 15 is 0 Å². The third-order valence-corrected chi connectivity index (χ3v) is 2.19. The molecule has 0 aromatic carbocycles. The number of methoxy groups -OCH3 is 1. The highest BCUT2D eigenvalue weighted by Gasteiger charge is 2.01. The maximum Gasteiger partial charge on any atom is 0.0474 e. The van der Waals surface area contributed by atoms with Gasteiger partial charge < -0.3 is 9.64 Å². The Balaban J connectivity index is 3.41. The zero-order chi connectivity index (χ0) is 9.94. The predicted molar refractivity (Wildman–Crippen MR) is 58.1 cm³/mol. The molecule has 2 heteroatoms. The second-order valence-corrected chi connectivity index (χ2v) is 3.54. The van der Waals surface area contributed by atoms with Gasteiger partial charge in [-0.1, -0.05) is 20.3 Å². The average Bonchev–Trinajstić information content (AvgIpc) is 2.14. The Hall–Kier alpha value is -0.0800. The normalized spacial score (nSPS) is 11.1. The predicted octanol–water partition coefficient (Wildman–Crippen LogP) is 2.54. The highest BCUT2D eigenvalue weighted by Crippen LogP contribution is 1.98. The molecule has 0 aliphatic heterocycles. The fraction of sp³-hybridized carbons (Fsp3) is 1.00. The molecule has 0 spiro atoms. The SMILES string of the molecule is CCCCN(CCC)CCCOC. The smallest absolute Gasteiger partial charge is 0.0474 e. The van der Waals surface area contributed by atoms with Gasteiger partial charge in [-0.3, -0.25) is 0 Å². The van der Waals surface area contributed by atoms with E-state index in [-0.39, 0.29) is 0 Å². The van der Waals surface area contributed by atoms with Crippen LogP contribution in [0.5, 0.6) is 0 Å². The first-order valence-corrected chi connectivity index (χ1v) is 5.56. The van der Waals surface area contributed by atoms with Crippen molar-refractivity contribution in [3.8, 4) is 0 Å². The molecule has 0 aliphatic rings. The number of ether oxygens (including phenoxy) is 1. The van der Waals surface area contributed by atoms with Crippen molar-refractivity contribution in [2.45, 2.75) is 39.5 Å². The molecule has 0 N–H and O–H groups in total. The summed E-state index contributed by atoms with van der Waals surface area (Å²) in [6.07, 6.45) is 5.05. The van der Waals surface area contributed by atoms with E-state index in [1.807, 2.05) is 0 Å². The maximum atomic E-state index is 5.05. The van der Waals surface area contributed by atoms with Crippen molar-refractivity contribution in [3.63, 3.8) is 0 Å². The van der Waals surface area contributed by atoms with Crippen molar-refractivity contribution in [2.75, 3.05) is 33.4 Å². The van der Waals surface area contributed by atoms with Gasteiger partial charge in [0.05, 0.1) is 0 Å². The van der Waals surface area contributed by atoms with Crippen LogP contribution in [0.2, 0.25) is 0 Å². The Kier molecular flexibility index (Phi) is 9.94. The van der Waals surface area contributed by atoms with Crippen molar-refractivity contribution < 1.29 is 4.74 Å². The lowest BCUT2D eigenvalue weighted by Crippen LogP contribution is -2.27. The van der Waals surface area contributed by atoms with Crippen LogP contribution in [-0.4, -0.2) is 38.3 Å². The molecule has 0 atom stereocenters. The summed E-state index contributed by atoms with van der Waals surface area (Å²) in [5, 5.41) is 0. The lowest BCUT2D eigenvalue weighted by molar-refractivity contribution is 0.171. The number of unbranched alkanes of at least 4 members (excludes halogenated alkanes) is 1. The lowest BCUT2D eigenvalue weighted by atomic mass is 10.3. The molecular formula is C11H25NO. The van der Waals surface area contributed by atoms with Gasteiger partial charge in [0.25, 0.3) is 0 Å². The molecule has 80 valence electrons. The first kappa shape index (κ1) is 12.9. The Morgan fingerprint density at radius 3 is 2.15 bits per heavy atom. The minimum Gasteiger partial charge on any atom is -0.385 e. The highest BCUT2D eigenvalue weighted by atomic mass is 16.5. The van der Waals surface area contributed by atoms with Crippen LogP contribution in [0.25, 0.3) is 0 Å². The molecule has 0 heterocycles. The van der Waals surface area contributed by atoms with Gasteiger partial charge in [0.15, 0.2) is 0 Å². The van der Waals surface area contributed by atoms with Crippen LogP contribution in [-0.2, 0) is 4.74 Å². The van der Waals surface area contributed by atoms with E-state index in [4.69, 9.17) is 4.74 Å². The highest BCUT2D eigenvalue weighted by molar-refractivity contribution is 4.56. The van der Waals surface area contributed by atoms with E-state index in [1.54, 1.807) is 7.11 Å². The molecule has 0 saturated carbocycles. The molecule has 0 radical (unpaired) electrons. The zero-order valence-electron chi connectivity index (χ0n) is 9.51. The van der Waals surface area contributed by atoms with Gasteiger partial charge >= 0.3 is 0 Å². The van der Waals surface area contributed by atoms with Gasteiger partial charge in [0.1, 0.15) is 0 Å². The van der Waals surface area contributed by atoms with Gasteiger partial charge in [-0.2, -0.15) is 0 Å². The molecular weight excluding hydrogens is 162 g/mol. The Labute approximate surface area is 83.3 Å². The van der Waals surface area contributed by atoms with Gasteiger partial charge in [0, 0.05) is 20.3 Å². The minimum absolute atomic E-state index is 0.895. The third-order valence-electron chi connectivity index (χ3n) is 2.19. The van der Waals surface area contributed by atoms with Crippen LogP contribution in [0.15, 0.2) is 0 Å². The molecule has 0 aliphatic carbocycles. The number of rotatable bonds is 9.